The van der Waals surface area contributed by atoms with Crippen molar-refractivity contribution in [3.63, 3.8) is 0 Å². The van der Waals surface area contributed by atoms with Crippen LogP contribution in [-0.4, -0.2) is 45.4 Å². The van der Waals surface area contributed by atoms with E-state index in [-0.39, 0.29) is 6.54 Å². The number of aryl methyl sites for hydroxylation is 2. The molecule has 0 atom stereocenters. The molecule has 0 aromatic carbocycles. The van der Waals surface area contributed by atoms with Crippen LogP contribution in [-0.2, 0) is 16.0 Å². The minimum Gasteiger partial charge on any atom is -0.480 e. The summed E-state index contributed by atoms with van der Waals surface area (Å²) in [4.78, 5) is 38.6. The second kappa shape index (κ2) is 6.91. The van der Waals surface area contributed by atoms with Crippen LogP contribution in [0.1, 0.15) is 28.7 Å². The Hall–Kier alpha value is -2.90. The van der Waals surface area contributed by atoms with E-state index < -0.39 is 24.3 Å². The van der Waals surface area contributed by atoms with Gasteiger partial charge in [-0.15, -0.1) is 0 Å². The van der Waals surface area contributed by atoms with Crippen LogP contribution in [0.15, 0.2) is 18.3 Å². The van der Waals surface area contributed by atoms with Crippen molar-refractivity contribution in [1.82, 2.24) is 20.0 Å². The number of aliphatic carboxylic acids is 1. The number of pyridine rings is 1. The molecule has 0 unspecified atom stereocenters. The summed E-state index contributed by atoms with van der Waals surface area (Å²) < 4.78 is 1.68. The number of rotatable bonds is 6. The molecule has 0 saturated heterocycles. The Morgan fingerprint density at radius 3 is 2.65 bits per heavy atom. The first kappa shape index (κ1) is 16.5. The van der Waals surface area contributed by atoms with Gasteiger partial charge in [0.05, 0.1) is 12.2 Å². The molecule has 0 aliphatic heterocycles. The van der Waals surface area contributed by atoms with Crippen LogP contribution in [0.3, 0.4) is 0 Å². The highest BCUT2D eigenvalue weighted by Crippen LogP contribution is 2.14. The van der Waals surface area contributed by atoms with Crippen LogP contribution in [0.2, 0.25) is 0 Å². The van der Waals surface area contributed by atoms with Gasteiger partial charge in [0.1, 0.15) is 17.9 Å². The molecule has 2 heterocycles. The normalized spacial score (nSPS) is 10.5. The molecular weight excluding hydrogens is 300 g/mol. The van der Waals surface area contributed by atoms with E-state index in [0.29, 0.717) is 23.5 Å². The van der Waals surface area contributed by atoms with E-state index in [9.17, 15) is 14.4 Å². The van der Waals surface area contributed by atoms with Gasteiger partial charge in [0.25, 0.3) is 5.91 Å². The first-order valence-corrected chi connectivity index (χ1v) is 7.16. The SMILES string of the molecule is CCc1nc2cc(C)ccn2c1C(=O)NCC(=O)NCC(=O)O. The number of nitrogens with zero attached hydrogens (tertiary/aromatic N) is 2. The highest BCUT2D eigenvalue weighted by molar-refractivity contribution is 5.97. The van der Waals surface area contributed by atoms with E-state index in [4.69, 9.17) is 5.11 Å². The number of imidazole rings is 1. The molecule has 2 amide bonds. The van der Waals surface area contributed by atoms with Gasteiger partial charge < -0.3 is 15.7 Å². The minimum absolute atomic E-state index is 0.297. The Bertz CT molecular complexity index is 766. The van der Waals surface area contributed by atoms with Crippen molar-refractivity contribution in [3.05, 3.63) is 35.3 Å². The van der Waals surface area contributed by atoms with Gasteiger partial charge in [-0.1, -0.05) is 6.92 Å². The highest BCUT2D eigenvalue weighted by Gasteiger charge is 2.18. The Morgan fingerprint density at radius 2 is 2.00 bits per heavy atom. The second-order valence-corrected chi connectivity index (χ2v) is 5.05. The maximum Gasteiger partial charge on any atom is 0.322 e. The zero-order valence-electron chi connectivity index (χ0n) is 12.9. The maximum atomic E-state index is 12.4. The number of carbonyl (C=O) groups excluding carboxylic acids is 2. The quantitative estimate of drug-likeness (QED) is 0.701. The largest absolute Gasteiger partial charge is 0.480 e. The van der Waals surface area contributed by atoms with E-state index >= 15 is 0 Å². The van der Waals surface area contributed by atoms with Gasteiger partial charge in [0.15, 0.2) is 0 Å². The zero-order valence-corrected chi connectivity index (χ0v) is 12.9. The van der Waals surface area contributed by atoms with Gasteiger partial charge in [-0.3, -0.25) is 18.8 Å². The fourth-order valence-electron chi connectivity index (χ4n) is 2.16. The molecule has 2 aromatic heterocycles. The van der Waals surface area contributed by atoms with E-state index in [1.165, 1.54) is 0 Å². The Balaban J connectivity index is 2.14. The number of hydrogen-bond donors (Lipinski definition) is 3. The smallest absolute Gasteiger partial charge is 0.322 e. The molecule has 23 heavy (non-hydrogen) atoms. The molecule has 0 spiro atoms. The summed E-state index contributed by atoms with van der Waals surface area (Å²) >= 11 is 0. The Morgan fingerprint density at radius 1 is 1.26 bits per heavy atom. The number of carbonyl (C=O) groups is 3. The van der Waals surface area contributed by atoms with Crippen LogP contribution in [0, 0.1) is 6.92 Å². The molecule has 0 bridgehead atoms. The van der Waals surface area contributed by atoms with Gasteiger partial charge in [-0.2, -0.15) is 0 Å². The molecule has 0 saturated carbocycles. The molecule has 2 rings (SSSR count). The summed E-state index contributed by atoms with van der Waals surface area (Å²) in [5.74, 6) is -2.14. The van der Waals surface area contributed by atoms with E-state index in [1.807, 2.05) is 26.0 Å². The van der Waals surface area contributed by atoms with E-state index in [2.05, 4.69) is 15.6 Å². The van der Waals surface area contributed by atoms with Crippen LogP contribution < -0.4 is 10.6 Å². The molecule has 8 nitrogen and oxygen atoms in total. The lowest BCUT2D eigenvalue weighted by atomic mass is 10.2. The molecule has 0 aliphatic rings. The third kappa shape index (κ3) is 3.85. The maximum absolute atomic E-state index is 12.4. The van der Waals surface area contributed by atoms with Crippen molar-refractivity contribution in [3.8, 4) is 0 Å². The first-order valence-electron chi connectivity index (χ1n) is 7.16. The lowest BCUT2D eigenvalue weighted by Gasteiger charge is -2.07. The van der Waals surface area contributed by atoms with Crippen LogP contribution in [0.4, 0.5) is 0 Å². The summed E-state index contributed by atoms with van der Waals surface area (Å²) in [5, 5.41) is 13.2. The number of aromatic nitrogens is 2. The van der Waals surface area contributed by atoms with Crippen LogP contribution in [0.25, 0.3) is 5.65 Å². The zero-order chi connectivity index (χ0) is 17.0. The lowest BCUT2D eigenvalue weighted by molar-refractivity contribution is -0.137. The molecular formula is C15H18N4O4. The number of nitrogens with one attached hydrogen (secondary N) is 2. The van der Waals surface area contributed by atoms with Crippen molar-refractivity contribution in [1.29, 1.82) is 0 Å². The van der Waals surface area contributed by atoms with Crippen LogP contribution in [0.5, 0.6) is 0 Å². The summed E-state index contributed by atoms with van der Waals surface area (Å²) in [5.41, 5.74) is 2.72. The number of carboxylic acid groups (broad SMARTS) is 1. The van der Waals surface area contributed by atoms with Crippen LogP contribution >= 0.6 is 0 Å². The average Bonchev–Trinajstić information content (AvgIpc) is 2.88. The average molecular weight is 318 g/mol. The lowest BCUT2D eigenvalue weighted by Crippen LogP contribution is -2.39. The van der Waals surface area contributed by atoms with Crippen molar-refractivity contribution in [2.75, 3.05) is 13.1 Å². The fraction of sp³-hybridized carbons (Fsp3) is 0.333. The number of carboxylic acids is 1. The Labute approximate surface area is 132 Å². The van der Waals surface area contributed by atoms with Gasteiger partial charge in [0, 0.05) is 6.20 Å². The molecule has 3 N–H and O–H groups in total. The molecule has 122 valence electrons. The van der Waals surface area contributed by atoms with E-state index in [1.54, 1.807) is 10.6 Å². The topological polar surface area (TPSA) is 113 Å². The minimum atomic E-state index is -1.14. The first-order chi connectivity index (χ1) is 10.9. The number of fused-ring (bicyclic) bond motifs is 1. The summed E-state index contributed by atoms with van der Waals surface area (Å²) in [6, 6.07) is 3.74. The molecule has 2 aromatic rings. The van der Waals surface area contributed by atoms with E-state index in [0.717, 1.165) is 5.56 Å². The predicted octanol–water partition coefficient (Wildman–Crippen LogP) is 0.136. The van der Waals surface area contributed by atoms with Crippen molar-refractivity contribution < 1.29 is 19.5 Å². The summed E-state index contributed by atoms with van der Waals surface area (Å²) in [6.45, 7) is 3.05. The fourth-order valence-corrected chi connectivity index (χ4v) is 2.16. The van der Waals surface area contributed by atoms with Crippen molar-refractivity contribution in [2.24, 2.45) is 0 Å². The van der Waals surface area contributed by atoms with Gasteiger partial charge >= 0.3 is 5.97 Å². The third-order valence-electron chi connectivity index (χ3n) is 3.25. The third-order valence-corrected chi connectivity index (χ3v) is 3.25. The predicted molar refractivity (Wildman–Crippen MR) is 82.3 cm³/mol. The standard InChI is InChI=1S/C15H18N4O4/c1-3-10-14(19-5-4-9(2)6-11(19)18-10)15(23)17-7-12(20)16-8-13(21)22/h4-6H,3,7-8H2,1-2H3,(H,16,20)(H,17,23)(H,21,22). The Kier molecular flexibility index (Phi) is 4.95. The highest BCUT2D eigenvalue weighted by atomic mass is 16.4. The van der Waals surface area contributed by atoms with Gasteiger partial charge in [0.2, 0.25) is 5.91 Å². The molecule has 0 aliphatic carbocycles. The van der Waals surface area contributed by atoms with Gasteiger partial charge in [-0.05, 0) is 31.0 Å². The molecule has 0 fully saturated rings. The monoisotopic (exact) mass is 318 g/mol. The summed E-state index contributed by atoms with van der Waals surface area (Å²) in [7, 11) is 0. The number of amides is 2. The van der Waals surface area contributed by atoms with Crippen molar-refractivity contribution >= 4 is 23.4 Å². The number of hydrogen-bond acceptors (Lipinski definition) is 4. The molecule has 0 radical (unpaired) electrons. The van der Waals surface area contributed by atoms with Crippen molar-refractivity contribution in [2.45, 2.75) is 20.3 Å². The second-order valence-electron chi connectivity index (χ2n) is 5.05. The molecule has 8 heteroatoms. The van der Waals surface area contributed by atoms with Gasteiger partial charge in [-0.25, -0.2) is 4.98 Å². The summed E-state index contributed by atoms with van der Waals surface area (Å²) in [6.07, 6.45) is 2.34.